The summed E-state index contributed by atoms with van der Waals surface area (Å²) in [7, 11) is 0. The molecule has 0 fully saturated rings. The van der Waals surface area contributed by atoms with Gasteiger partial charge in [-0.25, -0.2) is 13.2 Å². The molecule has 1 aromatic rings. The lowest BCUT2D eigenvalue weighted by Gasteiger charge is -2.07. The van der Waals surface area contributed by atoms with Gasteiger partial charge in [-0.15, -0.1) is 0 Å². The Kier molecular flexibility index (Phi) is 7.19. The van der Waals surface area contributed by atoms with Gasteiger partial charge in [0.25, 0.3) is 5.91 Å². The SMILES string of the molecule is O=C(NCCCCCCI)c1c(F)cc(F)cc1F. The van der Waals surface area contributed by atoms with Gasteiger partial charge in [0.2, 0.25) is 0 Å². The second kappa shape index (κ2) is 8.39. The zero-order chi connectivity index (χ0) is 14.3. The van der Waals surface area contributed by atoms with E-state index in [2.05, 4.69) is 27.9 Å². The third kappa shape index (κ3) is 5.38. The number of hydrogen-bond acceptors (Lipinski definition) is 1. The average Bonchev–Trinajstić information content (AvgIpc) is 2.32. The van der Waals surface area contributed by atoms with E-state index in [-0.39, 0.29) is 0 Å². The average molecular weight is 385 g/mol. The van der Waals surface area contributed by atoms with Crippen LogP contribution in [0.25, 0.3) is 0 Å². The van der Waals surface area contributed by atoms with Crippen LogP contribution >= 0.6 is 22.6 Å². The first-order valence-corrected chi connectivity index (χ1v) is 7.57. The minimum Gasteiger partial charge on any atom is -0.352 e. The third-order valence-electron chi connectivity index (χ3n) is 2.58. The van der Waals surface area contributed by atoms with Crippen LogP contribution in [0.3, 0.4) is 0 Å². The Balaban J connectivity index is 2.46. The molecular weight excluding hydrogens is 370 g/mol. The Morgan fingerprint density at radius 2 is 1.63 bits per heavy atom. The number of hydrogen-bond donors (Lipinski definition) is 1. The van der Waals surface area contributed by atoms with E-state index in [0.717, 1.165) is 30.1 Å². The Hall–Kier alpha value is -0.790. The van der Waals surface area contributed by atoms with E-state index in [0.29, 0.717) is 18.7 Å². The predicted molar refractivity (Wildman–Crippen MR) is 76.0 cm³/mol. The van der Waals surface area contributed by atoms with E-state index in [4.69, 9.17) is 0 Å². The zero-order valence-electron chi connectivity index (χ0n) is 10.3. The summed E-state index contributed by atoms with van der Waals surface area (Å²) in [5.41, 5.74) is -0.728. The van der Waals surface area contributed by atoms with Gasteiger partial charge in [0.05, 0.1) is 0 Å². The van der Waals surface area contributed by atoms with Crippen molar-refractivity contribution in [3.63, 3.8) is 0 Å². The Labute approximate surface area is 123 Å². The molecule has 1 N–H and O–H groups in total. The Morgan fingerprint density at radius 3 is 2.21 bits per heavy atom. The summed E-state index contributed by atoms with van der Waals surface area (Å²) in [5, 5.41) is 2.43. The first kappa shape index (κ1) is 16.3. The highest BCUT2D eigenvalue weighted by Crippen LogP contribution is 2.14. The molecule has 19 heavy (non-hydrogen) atoms. The molecule has 0 spiro atoms. The van der Waals surface area contributed by atoms with E-state index >= 15 is 0 Å². The van der Waals surface area contributed by atoms with Gasteiger partial charge in [-0.05, 0) is 17.3 Å². The largest absolute Gasteiger partial charge is 0.352 e. The van der Waals surface area contributed by atoms with Crippen LogP contribution in [-0.4, -0.2) is 16.9 Å². The van der Waals surface area contributed by atoms with E-state index < -0.39 is 28.9 Å². The van der Waals surface area contributed by atoms with Crippen molar-refractivity contribution in [3.05, 3.63) is 35.1 Å². The number of carbonyl (C=O) groups excluding carboxylic acids is 1. The molecule has 106 valence electrons. The smallest absolute Gasteiger partial charge is 0.257 e. The molecule has 1 amide bonds. The number of carbonyl (C=O) groups is 1. The van der Waals surface area contributed by atoms with Crippen molar-refractivity contribution in [3.8, 4) is 0 Å². The molecule has 0 heterocycles. The van der Waals surface area contributed by atoms with Crippen molar-refractivity contribution < 1.29 is 18.0 Å². The maximum atomic E-state index is 13.3. The standard InChI is InChI=1S/C13H15F3INO/c14-9-7-10(15)12(11(16)8-9)13(19)18-6-4-2-1-3-5-17/h7-8H,1-6H2,(H,18,19). The van der Waals surface area contributed by atoms with Gasteiger partial charge in [0, 0.05) is 18.7 Å². The second-order valence-corrected chi connectivity index (χ2v) is 5.18. The quantitative estimate of drug-likeness (QED) is 0.432. The zero-order valence-corrected chi connectivity index (χ0v) is 12.5. The van der Waals surface area contributed by atoms with Crippen LogP contribution in [0.4, 0.5) is 13.2 Å². The number of halogens is 4. The van der Waals surface area contributed by atoms with Crippen molar-refractivity contribution in [1.29, 1.82) is 0 Å². The lowest BCUT2D eigenvalue weighted by Crippen LogP contribution is -2.26. The van der Waals surface area contributed by atoms with Crippen LogP contribution in [0.2, 0.25) is 0 Å². The molecule has 0 aliphatic heterocycles. The van der Waals surface area contributed by atoms with Crippen molar-refractivity contribution >= 4 is 28.5 Å². The summed E-state index contributed by atoms with van der Waals surface area (Å²) >= 11 is 2.29. The predicted octanol–water partition coefficient (Wildman–Crippen LogP) is 3.83. The van der Waals surface area contributed by atoms with Gasteiger partial charge < -0.3 is 5.32 Å². The second-order valence-electron chi connectivity index (χ2n) is 4.10. The van der Waals surface area contributed by atoms with Crippen LogP contribution in [0.5, 0.6) is 0 Å². The number of alkyl halides is 1. The molecule has 0 aliphatic rings. The van der Waals surface area contributed by atoms with E-state index in [1.165, 1.54) is 0 Å². The molecule has 0 aliphatic carbocycles. The molecule has 0 unspecified atom stereocenters. The first-order valence-electron chi connectivity index (χ1n) is 6.05. The number of nitrogens with one attached hydrogen (secondary N) is 1. The number of amides is 1. The fourth-order valence-electron chi connectivity index (χ4n) is 1.62. The summed E-state index contributed by atoms with van der Waals surface area (Å²) in [6, 6.07) is 0.997. The molecule has 1 aromatic carbocycles. The van der Waals surface area contributed by atoms with E-state index in [1.807, 2.05) is 0 Å². The minimum absolute atomic E-state index is 0.357. The van der Waals surface area contributed by atoms with Crippen LogP contribution in [0.15, 0.2) is 12.1 Å². The summed E-state index contributed by atoms with van der Waals surface area (Å²) in [6.07, 6.45) is 3.90. The molecule has 1 rings (SSSR count). The fraction of sp³-hybridized carbons (Fsp3) is 0.462. The van der Waals surface area contributed by atoms with Gasteiger partial charge in [0.15, 0.2) is 0 Å². The van der Waals surface area contributed by atoms with Gasteiger partial charge in [-0.2, -0.15) is 0 Å². The monoisotopic (exact) mass is 385 g/mol. The molecule has 2 nitrogen and oxygen atoms in total. The molecule has 0 bridgehead atoms. The maximum absolute atomic E-state index is 13.3. The molecule has 0 saturated heterocycles. The normalized spacial score (nSPS) is 10.5. The van der Waals surface area contributed by atoms with Crippen LogP contribution in [0.1, 0.15) is 36.0 Å². The summed E-state index contributed by atoms with van der Waals surface area (Å²) in [5.74, 6) is -4.24. The molecule has 0 aromatic heterocycles. The fourth-order valence-corrected chi connectivity index (χ4v) is 2.16. The highest BCUT2D eigenvalue weighted by Gasteiger charge is 2.18. The highest BCUT2D eigenvalue weighted by atomic mass is 127. The lowest BCUT2D eigenvalue weighted by molar-refractivity contribution is 0.0944. The number of benzene rings is 1. The summed E-state index contributed by atoms with van der Waals surface area (Å²) in [6.45, 7) is 0.357. The van der Waals surface area contributed by atoms with Crippen molar-refractivity contribution in [2.45, 2.75) is 25.7 Å². The van der Waals surface area contributed by atoms with Gasteiger partial charge in [-0.3, -0.25) is 4.79 Å². The maximum Gasteiger partial charge on any atom is 0.257 e. The van der Waals surface area contributed by atoms with Gasteiger partial charge in [-0.1, -0.05) is 35.4 Å². The Bertz CT molecular complexity index is 417. The molecule has 0 atom stereocenters. The van der Waals surface area contributed by atoms with Crippen molar-refractivity contribution in [2.24, 2.45) is 0 Å². The minimum atomic E-state index is -1.18. The molecule has 0 radical (unpaired) electrons. The molecule has 0 saturated carbocycles. The van der Waals surface area contributed by atoms with Crippen LogP contribution < -0.4 is 5.32 Å². The first-order chi connectivity index (χ1) is 9.06. The Morgan fingerprint density at radius 1 is 1.05 bits per heavy atom. The molecule has 6 heteroatoms. The lowest BCUT2D eigenvalue weighted by atomic mass is 10.1. The number of unbranched alkanes of at least 4 members (excludes halogenated alkanes) is 3. The van der Waals surface area contributed by atoms with Crippen molar-refractivity contribution in [1.82, 2.24) is 5.32 Å². The summed E-state index contributed by atoms with van der Waals surface area (Å²) in [4.78, 5) is 11.6. The third-order valence-corrected chi connectivity index (χ3v) is 3.34. The molecular formula is C13H15F3INO. The van der Waals surface area contributed by atoms with E-state index in [1.54, 1.807) is 0 Å². The summed E-state index contributed by atoms with van der Waals surface area (Å²) < 4.78 is 40.4. The van der Waals surface area contributed by atoms with Crippen LogP contribution in [0, 0.1) is 17.5 Å². The number of rotatable bonds is 7. The van der Waals surface area contributed by atoms with Gasteiger partial charge in [0.1, 0.15) is 23.0 Å². The highest BCUT2D eigenvalue weighted by molar-refractivity contribution is 14.1. The van der Waals surface area contributed by atoms with Crippen LogP contribution in [-0.2, 0) is 0 Å². The van der Waals surface area contributed by atoms with Gasteiger partial charge >= 0.3 is 0 Å². The topological polar surface area (TPSA) is 29.1 Å². The van der Waals surface area contributed by atoms with Crippen molar-refractivity contribution in [2.75, 3.05) is 11.0 Å². The van der Waals surface area contributed by atoms with E-state index in [9.17, 15) is 18.0 Å².